The van der Waals surface area contributed by atoms with Crippen molar-refractivity contribution >= 4 is 11.6 Å². The molecule has 0 atom stereocenters. The highest BCUT2D eigenvalue weighted by Gasteiger charge is 2.27. The Hall–Kier alpha value is -3.29. The first-order valence-corrected chi connectivity index (χ1v) is 10.3. The van der Waals surface area contributed by atoms with Gasteiger partial charge in [-0.1, -0.05) is 12.1 Å². The van der Waals surface area contributed by atoms with E-state index in [9.17, 15) is 9.18 Å². The van der Waals surface area contributed by atoms with Gasteiger partial charge < -0.3 is 9.80 Å². The smallest absolute Gasteiger partial charge is 0.267 e. The van der Waals surface area contributed by atoms with Crippen molar-refractivity contribution in [2.24, 2.45) is 0 Å². The summed E-state index contributed by atoms with van der Waals surface area (Å²) in [4.78, 5) is 25.8. The number of nitrogens with zero attached hydrogens (tertiary/aromatic N) is 6. The molecule has 154 valence electrons. The van der Waals surface area contributed by atoms with Crippen LogP contribution in [-0.2, 0) is 6.54 Å². The molecule has 7 nitrogen and oxygen atoms in total. The third-order valence-electron chi connectivity index (χ3n) is 5.63. The predicted octanol–water partition coefficient (Wildman–Crippen LogP) is 2.42. The standard InChI is InChI=1S/C22H23FN6O/c23-18-5-1-16(2-6-18)15-29-21(30)8-7-20(26-29)28-13-11-27(12-14-28)19-9-10-24-22(25-19)17-3-4-17/h1-2,5-10,17H,3-4,11-15H2. The fourth-order valence-corrected chi connectivity index (χ4v) is 3.73. The van der Waals surface area contributed by atoms with Gasteiger partial charge >= 0.3 is 0 Å². The average Bonchev–Trinajstić information content (AvgIpc) is 3.63. The number of aromatic nitrogens is 4. The molecule has 1 aromatic carbocycles. The van der Waals surface area contributed by atoms with Gasteiger partial charge in [-0.25, -0.2) is 19.0 Å². The second-order valence-electron chi connectivity index (χ2n) is 7.84. The Labute approximate surface area is 173 Å². The largest absolute Gasteiger partial charge is 0.353 e. The molecule has 30 heavy (non-hydrogen) atoms. The topological polar surface area (TPSA) is 67.2 Å². The van der Waals surface area contributed by atoms with Crippen molar-refractivity contribution in [3.63, 3.8) is 0 Å². The molecule has 0 bridgehead atoms. The Bertz CT molecular complexity index is 1090. The van der Waals surface area contributed by atoms with Gasteiger partial charge in [-0.3, -0.25) is 4.79 Å². The molecule has 8 heteroatoms. The molecule has 2 aliphatic rings. The van der Waals surface area contributed by atoms with Crippen molar-refractivity contribution in [3.8, 4) is 0 Å². The van der Waals surface area contributed by atoms with Crippen LogP contribution < -0.4 is 15.4 Å². The second kappa shape index (κ2) is 7.85. The SMILES string of the molecule is O=c1ccc(N2CCN(c3ccnc(C4CC4)n3)CC2)nn1Cc1ccc(F)cc1. The number of hydrogen-bond acceptors (Lipinski definition) is 6. The first kappa shape index (κ1) is 18.7. The van der Waals surface area contributed by atoms with Gasteiger partial charge in [0.1, 0.15) is 23.3 Å². The van der Waals surface area contributed by atoms with Crippen LogP contribution in [0.15, 0.2) is 53.5 Å². The fourth-order valence-electron chi connectivity index (χ4n) is 3.73. The van der Waals surface area contributed by atoms with E-state index in [0.717, 1.165) is 49.2 Å². The maximum atomic E-state index is 13.1. The molecule has 1 saturated carbocycles. The molecule has 2 aromatic heterocycles. The maximum Gasteiger partial charge on any atom is 0.267 e. The van der Waals surface area contributed by atoms with E-state index in [0.29, 0.717) is 12.5 Å². The molecule has 0 radical (unpaired) electrons. The zero-order valence-electron chi connectivity index (χ0n) is 16.6. The van der Waals surface area contributed by atoms with E-state index in [1.165, 1.54) is 29.7 Å². The lowest BCUT2D eigenvalue weighted by Crippen LogP contribution is -2.47. The van der Waals surface area contributed by atoms with Crippen LogP contribution in [0, 0.1) is 5.82 Å². The normalized spacial score (nSPS) is 16.7. The summed E-state index contributed by atoms with van der Waals surface area (Å²) < 4.78 is 14.6. The minimum absolute atomic E-state index is 0.171. The van der Waals surface area contributed by atoms with E-state index >= 15 is 0 Å². The van der Waals surface area contributed by atoms with Crippen molar-refractivity contribution in [2.45, 2.75) is 25.3 Å². The van der Waals surface area contributed by atoms with Gasteiger partial charge in [0.15, 0.2) is 0 Å². The van der Waals surface area contributed by atoms with Gasteiger partial charge in [0, 0.05) is 44.4 Å². The molecular weight excluding hydrogens is 383 g/mol. The van der Waals surface area contributed by atoms with E-state index in [1.807, 2.05) is 12.3 Å². The van der Waals surface area contributed by atoms with Crippen LogP contribution >= 0.6 is 0 Å². The summed E-state index contributed by atoms with van der Waals surface area (Å²) in [5.74, 6) is 2.97. The Morgan fingerprint density at radius 1 is 0.900 bits per heavy atom. The molecule has 0 amide bonds. The summed E-state index contributed by atoms with van der Waals surface area (Å²) in [5.41, 5.74) is 0.665. The number of piperazine rings is 1. The van der Waals surface area contributed by atoms with Gasteiger partial charge in [-0.15, -0.1) is 0 Å². The second-order valence-corrected chi connectivity index (χ2v) is 7.84. The van der Waals surface area contributed by atoms with Gasteiger partial charge in [-0.2, -0.15) is 5.10 Å². The van der Waals surface area contributed by atoms with Crippen LogP contribution in [0.3, 0.4) is 0 Å². The average molecular weight is 406 g/mol. The van der Waals surface area contributed by atoms with Gasteiger partial charge in [0.05, 0.1) is 6.54 Å². The van der Waals surface area contributed by atoms with Crippen molar-refractivity contribution in [1.82, 2.24) is 19.7 Å². The first-order valence-electron chi connectivity index (χ1n) is 10.3. The van der Waals surface area contributed by atoms with Gasteiger partial charge in [-0.05, 0) is 42.7 Å². The van der Waals surface area contributed by atoms with Crippen LogP contribution in [0.1, 0.15) is 30.1 Å². The van der Waals surface area contributed by atoms with Crippen molar-refractivity contribution in [1.29, 1.82) is 0 Å². The highest BCUT2D eigenvalue weighted by Crippen LogP contribution is 2.38. The van der Waals surface area contributed by atoms with E-state index in [4.69, 9.17) is 4.98 Å². The summed E-state index contributed by atoms with van der Waals surface area (Å²) in [5, 5.41) is 4.55. The molecular formula is C22H23FN6O. The zero-order chi connectivity index (χ0) is 20.5. The maximum absolute atomic E-state index is 13.1. The van der Waals surface area contributed by atoms with Gasteiger partial charge in [0.2, 0.25) is 0 Å². The van der Waals surface area contributed by atoms with Crippen LogP contribution in [0.25, 0.3) is 0 Å². The molecule has 0 N–H and O–H groups in total. The highest BCUT2D eigenvalue weighted by atomic mass is 19.1. The quantitative estimate of drug-likeness (QED) is 0.648. The van der Waals surface area contributed by atoms with Crippen LogP contribution in [0.5, 0.6) is 0 Å². The molecule has 0 unspecified atom stereocenters. The summed E-state index contributed by atoms with van der Waals surface area (Å²) >= 11 is 0. The van der Waals surface area contributed by atoms with Gasteiger partial charge in [0.25, 0.3) is 5.56 Å². The third kappa shape index (κ3) is 4.03. The summed E-state index contributed by atoms with van der Waals surface area (Å²) in [6.45, 7) is 3.58. The van der Waals surface area contributed by atoms with E-state index in [1.54, 1.807) is 24.3 Å². The Balaban J connectivity index is 1.27. The molecule has 1 aliphatic carbocycles. The van der Waals surface area contributed by atoms with E-state index < -0.39 is 0 Å². The molecule has 1 saturated heterocycles. The minimum atomic E-state index is -0.293. The molecule has 5 rings (SSSR count). The lowest BCUT2D eigenvalue weighted by Gasteiger charge is -2.36. The lowest BCUT2D eigenvalue weighted by atomic mass is 10.2. The number of hydrogen-bond donors (Lipinski definition) is 0. The van der Waals surface area contributed by atoms with Crippen molar-refractivity contribution in [3.05, 3.63) is 76.2 Å². The third-order valence-corrected chi connectivity index (χ3v) is 5.63. The molecule has 0 spiro atoms. The Morgan fingerprint density at radius 3 is 2.30 bits per heavy atom. The molecule has 1 aliphatic heterocycles. The minimum Gasteiger partial charge on any atom is -0.353 e. The molecule has 2 fully saturated rings. The van der Waals surface area contributed by atoms with Crippen molar-refractivity contribution < 1.29 is 4.39 Å². The first-order chi connectivity index (χ1) is 14.7. The van der Waals surface area contributed by atoms with Crippen LogP contribution in [0.4, 0.5) is 16.0 Å². The number of benzene rings is 1. The summed E-state index contributed by atoms with van der Waals surface area (Å²) in [6.07, 6.45) is 4.24. The van der Waals surface area contributed by atoms with E-state index in [2.05, 4.69) is 19.9 Å². The highest BCUT2D eigenvalue weighted by molar-refractivity contribution is 5.44. The lowest BCUT2D eigenvalue weighted by molar-refractivity contribution is 0.596. The fraction of sp³-hybridized carbons (Fsp3) is 0.364. The van der Waals surface area contributed by atoms with E-state index in [-0.39, 0.29) is 11.4 Å². The summed E-state index contributed by atoms with van der Waals surface area (Å²) in [6, 6.07) is 11.4. The summed E-state index contributed by atoms with van der Waals surface area (Å²) in [7, 11) is 0. The Morgan fingerprint density at radius 2 is 1.60 bits per heavy atom. The predicted molar refractivity (Wildman–Crippen MR) is 112 cm³/mol. The zero-order valence-corrected chi connectivity index (χ0v) is 16.6. The Kier molecular flexibility index (Phi) is 4.90. The monoisotopic (exact) mass is 406 g/mol. The number of rotatable bonds is 5. The van der Waals surface area contributed by atoms with Crippen molar-refractivity contribution in [2.75, 3.05) is 36.0 Å². The number of anilines is 2. The molecule has 3 aromatic rings. The van der Waals surface area contributed by atoms with Crippen LogP contribution in [0.2, 0.25) is 0 Å². The molecule has 3 heterocycles. The number of halogens is 1. The van der Waals surface area contributed by atoms with Crippen LogP contribution in [-0.4, -0.2) is 45.9 Å².